The van der Waals surface area contributed by atoms with E-state index < -0.39 is 28.7 Å². The monoisotopic (exact) mass is 575 g/mol. The van der Waals surface area contributed by atoms with Crippen LogP contribution in [-0.4, -0.2) is 76.4 Å². The average molecular weight is 576 g/mol. The van der Waals surface area contributed by atoms with E-state index >= 15 is 0 Å². The van der Waals surface area contributed by atoms with Gasteiger partial charge in [-0.2, -0.15) is 18.4 Å². The number of carbonyl (C=O) groups is 2. The molecule has 0 atom stereocenters. The number of piperazine rings is 1. The van der Waals surface area contributed by atoms with Gasteiger partial charge in [-0.3, -0.25) is 19.4 Å². The predicted molar refractivity (Wildman–Crippen MR) is 147 cm³/mol. The summed E-state index contributed by atoms with van der Waals surface area (Å²) in [5.74, 6) is -0.119. The van der Waals surface area contributed by atoms with Crippen molar-refractivity contribution in [1.82, 2.24) is 14.7 Å². The predicted octanol–water partition coefficient (Wildman–Crippen LogP) is 4.90. The number of hydrogen-bond acceptors (Lipinski definition) is 6. The van der Waals surface area contributed by atoms with Crippen LogP contribution in [0.4, 0.5) is 18.9 Å². The number of thiocarbonyl (C=S) groups is 1. The van der Waals surface area contributed by atoms with Crippen LogP contribution in [0.2, 0.25) is 0 Å². The maximum atomic E-state index is 13.5. The molecule has 3 heterocycles. The Morgan fingerprint density at radius 1 is 1.07 bits per heavy atom. The van der Waals surface area contributed by atoms with Crippen LogP contribution in [0, 0.1) is 11.3 Å². The number of furan rings is 1. The van der Waals surface area contributed by atoms with Crippen LogP contribution in [0.5, 0.6) is 0 Å². The van der Waals surface area contributed by atoms with Gasteiger partial charge in [-0.25, -0.2) is 0 Å². The van der Waals surface area contributed by atoms with Crippen molar-refractivity contribution in [2.24, 2.45) is 0 Å². The molecule has 2 aliphatic heterocycles. The molecule has 0 aliphatic carbocycles. The number of amides is 2. The minimum atomic E-state index is -4.73. The lowest BCUT2D eigenvalue weighted by atomic mass is 10.0. The van der Waals surface area contributed by atoms with Gasteiger partial charge in [0.1, 0.15) is 5.54 Å². The van der Waals surface area contributed by atoms with E-state index in [9.17, 15) is 22.8 Å². The third kappa shape index (κ3) is 6.15. The highest BCUT2D eigenvalue weighted by Gasteiger charge is 2.49. The van der Waals surface area contributed by atoms with Crippen LogP contribution in [0.15, 0.2) is 41.0 Å². The summed E-state index contributed by atoms with van der Waals surface area (Å²) < 4.78 is 45.7. The van der Waals surface area contributed by atoms with Crippen molar-refractivity contribution in [3.05, 3.63) is 53.5 Å². The molecule has 2 amide bonds. The standard InChI is InChI=1S/C28H32F3N5O3S/c1-27(2)25(38)36(21-10-9-20(19-32)22(18-21)28(29,30)31)26(40)35(27)12-6-4-3-5-11-33-13-15-34(16-14-33)24(37)23-8-7-17-39-23/h7-10,17-18H,3-6,11-16H2,1-2H3. The Morgan fingerprint density at radius 2 is 1.75 bits per heavy atom. The molecule has 40 heavy (non-hydrogen) atoms. The Kier molecular flexibility index (Phi) is 8.85. The largest absolute Gasteiger partial charge is 0.459 e. The molecule has 12 heteroatoms. The molecule has 0 radical (unpaired) electrons. The number of alkyl halides is 3. The van der Waals surface area contributed by atoms with Gasteiger partial charge in [0.2, 0.25) is 0 Å². The maximum absolute atomic E-state index is 13.5. The quantitative estimate of drug-likeness (QED) is 0.311. The number of rotatable bonds is 9. The molecule has 8 nitrogen and oxygen atoms in total. The SMILES string of the molecule is CC1(C)C(=O)N(c2ccc(C#N)c(C(F)(F)F)c2)C(=S)N1CCCCCCN1CCN(C(=O)c2ccco2)CC1. The Bertz CT molecular complexity index is 1280. The zero-order valence-corrected chi connectivity index (χ0v) is 23.4. The van der Waals surface area contributed by atoms with Crippen molar-refractivity contribution in [1.29, 1.82) is 5.26 Å². The van der Waals surface area contributed by atoms with Crippen LogP contribution in [-0.2, 0) is 11.0 Å². The highest BCUT2D eigenvalue weighted by atomic mass is 32.1. The molecule has 214 valence electrons. The summed E-state index contributed by atoms with van der Waals surface area (Å²) >= 11 is 5.55. The Morgan fingerprint density at radius 3 is 2.35 bits per heavy atom. The van der Waals surface area contributed by atoms with Crippen molar-refractivity contribution in [2.75, 3.05) is 44.2 Å². The third-order valence-electron chi connectivity index (χ3n) is 7.51. The van der Waals surface area contributed by atoms with Crippen LogP contribution in [0.1, 0.15) is 61.2 Å². The fourth-order valence-corrected chi connectivity index (χ4v) is 5.64. The Hall–Kier alpha value is -3.43. The molecule has 0 spiro atoms. The average Bonchev–Trinajstić information content (AvgIpc) is 3.51. The van der Waals surface area contributed by atoms with Crippen LogP contribution < -0.4 is 4.90 Å². The number of nitrogens with zero attached hydrogens (tertiary/aromatic N) is 5. The number of hydrogen-bond donors (Lipinski definition) is 0. The van der Waals surface area contributed by atoms with Gasteiger partial charge in [0.05, 0.1) is 29.1 Å². The highest BCUT2D eigenvalue weighted by Crippen LogP contribution is 2.38. The van der Waals surface area contributed by atoms with E-state index in [0.717, 1.165) is 62.4 Å². The van der Waals surface area contributed by atoms with E-state index in [2.05, 4.69) is 4.90 Å². The Balaban J connectivity index is 1.24. The molecular formula is C28H32F3N5O3S. The number of nitriles is 1. The van der Waals surface area contributed by atoms with Gasteiger partial charge in [-0.1, -0.05) is 12.8 Å². The summed E-state index contributed by atoms with van der Waals surface area (Å²) in [6.07, 6.45) is 0.432. The normalized spacial score (nSPS) is 17.9. The third-order valence-corrected chi connectivity index (χ3v) is 7.91. The fraction of sp³-hybridized carbons (Fsp3) is 0.500. The second-order valence-corrected chi connectivity index (χ2v) is 10.9. The van der Waals surface area contributed by atoms with Gasteiger partial charge in [0.15, 0.2) is 10.9 Å². The summed E-state index contributed by atoms with van der Waals surface area (Å²) in [6, 6.07) is 8.15. The first kappa shape index (κ1) is 29.6. The first-order chi connectivity index (χ1) is 18.9. The van der Waals surface area contributed by atoms with E-state index in [1.807, 2.05) is 4.90 Å². The van der Waals surface area contributed by atoms with E-state index in [0.29, 0.717) is 25.4 Å². The smallest absolute Gasteiger partial charge is 0.417 e. The lowest BCUT2D eigenvalue weighted by Gasteiger charge is -2.34. The van der Waals surface area contributed by atoms with E-state index in [4.69, 9.17) is 21.9 Å². The van der Waals surface area contributed by atoms with Crippen molar-refractivity contribution in [2.45, 2.75) is 51.2 Å². The van der Waals surface area contributed by atoms with Gasteiger partial charge in [0.25, 0.3) is 11.8 Å². The zero-order valence-electron chi connectivity index (χ0n) is 22.5. The van der Waals surface area contributed by atoms with Gasteiger partial charge in [-0.15, -0.1) is 0 Å². The molecule has 0 saturated carbocycles. The van der Waals surface area contributed by atoms with Crippen molar-refractivity contribution in [3.8, 4) is 6.07 Å². The van der Waals surface area contributed by atoms with Gasteiger partial charge in [0, 0.05) is 32.7 Å². The molecule has 4 rings (SSSR count). The summed E-state index contributed by atoms with van der Waals surface area (Å²) in [5, 5.41) is 9.24. The van der Waals surface area contributed by atoms with Gasteiger partial charge < -0.3 is 14.2 Å². The molecule has 0 unspecified atom stereocenters. The molecule has 1 aromatic carbocycles. The first-order valence-electron chi connectivity index (χ1n) is 13.3. The maximum Gasteiger partial charge on any atom is 0.417 e. The molecule has 1 aromatic heterocycles. The van der Waals surface area contributed by atoms with Crippen molar-refractivity contribution < 1.29 is 27.2 Å². The lowest BCUT2D eigenvalue weighted by molar-refractivity contribution is -0.137. The minimum absolute atomic E-state index is 0.00265. The van der Waals surface area contributed by atoms with E-state index in [-0.39, 0.29) is 16.7 Å². The number of anilines is 1. The first-order valence-corrected chi connectivity index (χ1v) is 13.7. The molecular weight excluding hydrogens is 543 g/mol. The Labute approximate surface area is 236 Å². The summed E-state index contributed by atoms with van der Waals surface area (Å²) in [7, 11) is 0. The minimum Gasteiger partial charge on any atom is -0.459 e. The van der Waals surface area contributed by atoms with E-state index in [1.165, 1.54) is 12.3 Å². The molecule has 2 saturated heterocycles. The molecule has 0 bridgehead atoms. The summed E-state index contributed by atoms with van der Waals surface area (Å²) in [4.78, 5) is 32.7. The number of carbonyl (C=O) groups excluding carboxylic acids is 2. The second-order valence-electron chi connectivity index (χ2n) is 10.5. The van der Waals surface area contributed by atoms with Crippen LogP contribution in [0.3, 0.4) is 0 Å². The number of unbranched alkanes of at least 4 members (excludes halogenated alkanes) is 3. The summed E-state index contributed by atoms with van der Waals surface area (Å²) in [5.41, 5.74) is -2.60. The van der Waals surface area contributed by atoms with Gasteiger partial charge in [-0.05, 0) is 75.8 Å². The lowest BCUT2D eigenvalue weighted by Crippen LogP contribution is -2.48. The van der Waals surface area contributed by atoms with Crippen LogP contribution in [0.25, 0.3) is 0 Å². The zero-order chi connectivity index (χ0) is 29.1. The molecule has 2 fully saturated rings. The molecule has 2 aliphatic rings. The summed E-state index contributed by atoms with van der Waals surface area (Å²) in [6.45, 7) is 7.81. The number of benzene rings is 1. The highest BCUT2D eigenvalue weighted by molar-refractivity contribution is 7.80. The van der Waals surface area contributed by atoms with Crippen molar-refractivity contribution in [3.63, 3.8) is 0 Å². The number of halogens is 3. The van der Waals surface area contributed by atoms with Gasteiger partial charge >= 0.3 is 6.18 Å². The van der Waals surface area contributed by atoms with Crippen molar-refractivity contribution >= 4 is 34.8 Å². The van der Waals surface area contributed by atoms with E-state index in [1.54, 1.807) is 36.9 Å². The molecule has 2 aromatic rings. The molecule has 0 N–H and O–H groups in total. The second kappa shape index (κ2) is 12.0. The fourth-order valence-electron chi connectivity index (χ4n) is 5.13. The van der Waals surface area contributed by atoms with Crippen LogP contribution >= 0.6 is 12.2 Å². The topological polar surface area (TPSA) is 84.0 Å².